The minimum absolute atomic E-state index is 0.104. The number of phosphoric ester groups is 1. The van der Waals surface area contributed by atoms with Gasteiger partial charge in [-0.25, -0.2) is 23.0 Å². The Kier molecular flexibility index (Phi) is 7.90. The molecule has 11 nitrogen and oxygen atoms in total. The molecule has 1 saturated heterocycles. The van der Waals surface area contributed by atoms with Gasteiger partial charge in [0.25, 0.3) is 5.91 Å². The van der Waals surface area contributed by atoms with Crippen molar-refractivity contribution in [2.45, 2.75) is 57.1 Å². The van der Waals surface area contributed by atoms with Gasteiger partial charge < -0.3 is 25.4 Å². The number of hydrogen-bond donors (Lipinski definition) is 5. The fourth-order valence-electron chi connectivity index (χ4n) is 6.75. The summed E-state index contributed by atoms with van der Waals surface area (Å²) in [5, 5.41) is 6.61. The number of nitrogens with one attached hydrogen (secondary N) is 3. The van der Waals surface area contributed by atoms with E-state index in [1.54, 1.807) is 18.3 Å². The second-order valence-electron chi connectivity index (χ2n) is 12.1. The molecule has 2 bridgehead atoms. The number of carbonyl (C=O) groups is 3. The lowest BCUT2D eigenvalue weighted by atomic mass is 9.58. The lowest BCUT2D eigenvalue weighted by Crippen LogP contribution is -2.53. The Hall–Kier alpha value is -3.61. The van der Waals surface area contributed by atoms with Gasteiger partial charge in [-0.05, 0) is 86.3 Å². The topological polar surface area (TPSA) is 161 Å². The molecule has 4 amide bonds. The highest BCUT2D eigenvalue weighted by molar-refractivity contribution is 7.46. The van der Waals surface area contributed by atoms with Crippen LogP contribution in [0.25, 0.3) is 17.0 Å². The monoisotopic (exact) mass is 662 g/mol. The molecule has 1 aliphatic heterocycles. The summed E-state index contributed by atoms with van der Waals surface area (Å²) in [4.78, 5) is 63.2. The van der Waals surface area contributed by atoms with Crippen molar-refractivity contribution in [1.29, 1.82) is 0 Å². The number of rotatable bonds is 8. The molecular weight excluding hydrogens is 633 g/mol. The SMILES string of the molecule is Cc1c(Cl)ccc2c(/C=C3\NC(=O)N(C(C(=O)NCC45CCC(OP(=O)(O)O)(CC4)CC5)c4ccc(F)c(F)c4)C3=O)c[nH]c12. The first kappa shape index (κ1) is 31.4. The summed E-state index contributed by atoms with van der Waals surface area (Å²) >= 11 is 6.22. The number of aromatic amines is 1. The van der Waals surface area contributed by atoms with E-state index in [0.29, 0.717) is 54.0 Å². The average molecular weight is 663 g/mol. The van der Waals surface area contributed by atoms with Gasteiger partial charge in [-0.3, -0.25) is 14.1 Å². The van der Waals surface area contributed by atoms with Crippen LogP contribution in [0.15, 0.2) is 42.2 Å². The van der Waals surface area contributed by atoms with E-state index < -0.39 is 54.4 Å². The van der Waals surface area contributed by atoms with Crippen molar-refractivity contribution in [3.63, 3.8) is 0 Å². The third-order valence-corrected chi connectivity index (χ3v) is 10.4. The van der Waals surface area contributed by atoms with E-state index in [1.807, 2.05) is 6.92 Å². The van der Waals surface area contributed by atoms with Crippen molar-refractivity contribution in [3.8, 4) is 0 Å². The highest BCUT2D eigenvalue weighted by Gasteiger charge is 2.52. The van der Waals surface area contributed by atoms with E-state index in [2.05, 4.69) is 15.6 Å². The fourth-order valence-corrected chi connectivity index (χ4v) is 7.69. The summed E-state index contributed by atoms with van der Waals surface area (Å²) < 4.78 is 44.9. The number of hydrogen-bond acceptors (Lipinski definition) is 5. The summed E-state index contributed by atoms with van der Waals surface area (Å²) in [6.07, 6.45) is 5.85. The maximum absolute atomic E-state index is 14.4. The molecule has 1 aromatic heterocycles. The highest BCUT2D eigenvalue weighted by Crippen LogP contribution is 2.58. The standard InChI is InChI=1S/C30H30ClF2N4O7P/c1-16-20(31)4-3-19-18(14-34-24(16)19)13-23-27(39)37(28(40)36-23)25(17-2-5-21(32)22(33)12-17)26(38)35-15-29-6-9-30(10-7-29,11-8-29)44-45(41,42)43/h2-5,12-14,25,34H,6-11,15H2,1H3,(H,35,38)(H,36,40)(H2,41,42,43)/b23-13-. The van der Waals surface area contributed by atoms with Crippen LogP contribution in [0, 0.1) is 24.0 Å². The second-order valence-corrected chi connectivity index (χ2v) is 13.6. The number of aromatic nitrogens is 1. The summed E-state index contributed by atoms with van der Waals surface area (Å²) in [6.45, 7) is 1.97. The zero-order chi connectivity index (χ0) is 32.3. The van der Waals surface area contributed by atoms with Crippen molar-refractivity contribution in [1.82, 2.24) is 20.5 Å². The van der Waals surface area contributed by atoms with Crippen molar-refractivity contribution >= 4 is 54.2 Å². The van der Waals surface area contributed by atoms with Crippen molar-refractivity contribution in [3.05, 3.63) is 75.6 Å². The first-order chi connectivity index (χ1) is 21.2. The zero-order valence-corrected chi connectivity index (χ0v) is 25.7. The number of urea groups is 1. The van der Waals surface area contributed by atoms with Gasteiger partial charge in [-0.15, -0.1) is 0 Å². The number of halogens is 3. The van der Waals surface area contributed by atoms with Crippen molar-refractivity contribution < 1.29 is 42.0 Å². The van der Waals surface area contributed by atoms with Crippen molar-refractivity contribution in [2.24, 2.45) is 5.41 Å². The van der Waals surface area contributed by atoms with E-state index in [4.69, 9.17) is 16.1 Å². The summed E-state index contributed by atoms with van der Waals surface area (Å²) in [5.41, 5.74) is 0.590. The average Bonchev–Trinajstić information content (AvgIpc) is 3.52. The third kappa shape index (κ3) is 5.91. The van der Waals surface area contributed by atoms with Crippen LogP contribution in [0.3, 0.4) is 0 Å². The third-order valence-electron chi connectivity index (χ3n) is 9.34. The van der Waals surface area contributed by atoms with Gasteiger partial charge in [-0.2, -0.15) is 0 Å². The molecule has 3 aliphatic carbocycles. The van der Waals surface area contributed by atoms with Gasteiger partial charge in [0.2, 0.25) is 5.91 Å². The lowest BCUT2D eigenvalue weighted by Gasteiger charge is -2.52. The molecule has 45 heavy (non-hydrogen) atoms. The Morgan fingerprint density at radius 3 is 2.47 bits per heavy atom. The molecule has 238 valence electrons. The number of carbonyl (C=O) groups excluding carboxylic acids is 3. The van der Waals surface area contributed by atoms with Gasteiger partial charge in [0.1, 0.15) is 11.7 Å². The summed E-state index contributed by atoms with van der Waals surface area (Å²) in [7, 11) is -4.68. The minimum atomic E-state index is -4.68. The number of aryl methyl sites for hydroxylation is 1. The van der Waals surface area contributed by atoms with Crippen LogP contribution in [0.4, 0.5) is 13.6 Å². The summed E-state index contributed by atoms with van der Waals surface area (Å²) in [5.74, 6) is -4.01. The predicted octanol–water partition coefficient (Wildman–Crippen LogP) is 5.36. The van der Waals surface area contributed by atoms with Gasteiger partial charge in [0.05, 0.1) is 11.1 Å². The Labute approximate surface area is 261 Å². The fraction of sp³-hybridized carbons (Fsp3) is 0.367. The number of imide groups is 1. The summed E-state index contributed by atoms with van der Waals surface area (Å²) in [6, 6.07) is 3.68. The van der Waals surface area contributed by atoms with E-state index in [-0.39, 0.29) is 17.8 Å². The number of fused-ring (bicyclic) bond motifs is 4. The first-order valence-electron chi connectivity index (χ1n) is 14.3. The molecular formula is C30H30ClF2N4O7P. The molecule has 2 aromatic carbocycles. The quantitative estimate of drug-likeness (QED) is 0.123. The molecule has 5 N–H and O–H groups in total. The molecule has 15 heteroatoms. The zero-order valence-electron chi connectivity index (χ0n) is 24.0. The molecule has 7 rings (SSSR count). The lowest BCUT2D eigenvalue weighted by molar-refractivity contribution is -0.135. The molecule has 4 fully saturated rings. The first-order valence-corrected chi connectivity index (χ1v) is 16.2. The normalized spacial score (nSPS) is 24.8. The van der Waals surface area contributed by atoms with Crippen LogP contribution < -0.4 is 10.6 Å². The van der Waals surface area contributed by atoms with Crippen LogP contribution in [0.2, 0.25) is 5.02 Å². The number of amides is 4. The molecule has 0 radical (unpaired) electrons. The highest BCUT2D eigenvalue weighted by atomic mass is 35.5. The molecule has 3 saturated carbocycles. The Morgan fingerprint density at radius 2 is 1.82 bits per heavy atom. The maximum atomic E-state index is 14.4. The second kappa shape index (κ2) is 11.3. The number of phosphoric acid groups is 1. The molecule has 1 atom stereocenters. The number of H-pyrrole nitrogens is 1. The van der Waals surface area contributed by atoms with Crippen LogP contribution in [-0.2, 0) is 18.7 Å². The molecule has 4 aliphatic rings. The number of benzene rings is 2. The van der Waals surface area contributed by atoms with Gasteiger partial charge in [0.15, 0.2) is 11.6 Å². The Bertz CT molecular complexity index is 1800. The molecule has 2 heterocycles. The smallest absolute Gasteiger partial charge is 0.360 e. The van der Waals surface area contributed by atoms with E-state index in [1.165, 1.54) is 6.08 Å². The van der Waals surface area contributed by atoms with Crippen molar-refractivity contribution in [2.75, 3.05) is 6.54 Å². The Morgan fingerprint density at radius 1 is 1.13 bits per heavy atom. The largest absolute Gasteiger partial charge is 0.470 e. The van der Waals surface area contributed by atoms with Crippen LogP contribution in [0.5, 0.6) is 0 Å². The molecule has 3 aromatic rings. The van der Waals surface area contributed by atoms with E-state index >= 15 is 0 Å². The van der Waals surface area contributed by atoms with E-state index in [9.17, 15) is 37.5 Å². The van der Waals surface area contributed by atoms with Gasteiger partial charge >= 0.3 is 13.9 Å². The molecule has 0 spiro atoms. The van der Waals surface area contributed by atoms with Gasteiger partial charge in [-0.1, -0.05) is 23.7 Å². The minimum Gasteiger partial charge on any atom is -0.360 e. The molecule has 1 unspecified atom stereocenters. The predicted molar refractivity (Wildman–Crippen MR) is 160 cm³/mol. The van der Waals surface area contributed by atoms with Crippen LogP contribution >= 0.6 is 19.4 Å². The maximum Gasteiger partial charge on any atom is 0.470 e. The Balaban J connectivity index is 1.26. The number of nitrogens with zero attached hydrogens (tertiary/aromatic N) is 1. The van der Waals surface area contributed by atoms with Gasteiger partial charge in [0, 0.05) is 28.7 Å². The van der Waals surface area contributed by atoms with Crippen LogP contribution in [-0.4, -0.2) is 49.7 Å². The van der Waals surface area contributed by atoms with Crippen LogP contribution in [0.1, 0.15) is 61.3 Å². The van der Waals surface area contributed by atoms with E-state index in [0.717, 1.165) is 34.7 Å².